The van der Waals surface area contributed by atoms with E-state index >= 15 is 0 Å². The molecule has 4 rings (SSSR count). The highest BCUT2D eigenvalue weighted by Crippen LogP contribution is 2.45. The second-order valence-corrected chi connectivity index (χ2v) is 7.06. The lowest BCUT2D eigenvalue weighted by atomic mass is 9.88. The van der Waals surface area contributed by atoms with Crippen LogP contribution in [0, 0.1) is 30.1 Å². The van der Waals surface area contributed by atoms with Crippen molar-refractivity contribution in [3.05, 3.63) is 59.3 Å². The number of aromatic nitrogens is 1. The maximum absolute atomic E-state index is 9.37. The van der Waals surface area contributed by atoms with E-state index in [0.29, 0.717) is 23.4 Å². The van der Waals surface area contributed by atoms with Gasteiger partial charge in [0.1, 0.15) is 11.9 Å². The molecule has 0 bridgehead atoms. The summed E-state index contributed by atoms with van der Waals surface area (Å²) in [6, 6.07) is 15.2. The van der Waals surface area contributed by atoms with Crippen molar-refractivity contribution in [2.75, 3.05) is 31.6 Å². The topological polar surface area (TPSA) is 43.2 Å². The Balaban J connectivity index is 1.64. The van der Waals surface area contributed by atoms with E-state index in [1.165, 1.54) is 11.1 Å². The number of nitrogens with zero attached hydrogens (tertiary/aromatic N) is 4. The number of fused-ring (bicyclic) bond motifs is 1. The van der Waals surface area contributed by atoms with E-state index in [-0.39, 0.29) is 0 Å². The van der Waals surface area contributed by atoms with Crippen LogP contribution in [0.2, 0.25) is 0 Å². The van der Waals surface area contributed by atoms with E-state index in [4.69, 9.17) is 0 Å². The van der Waals surface area contributed by atoms with Gasteiger partial charge in [-0.25, -0.2) is 4.98 Å². The highest BCUT2D eigenvalue weighted by molar-refractivity contribution is 5.54. The molecule has 0 spiro atoms. The zero-order valence-electron chi connectivity index (χ0n) is 14.2. The Hall–Kier alpha value is -2.38. The Labute approximate surface area is 143 Å². The third-order valence-corrected chi connectivity index (χ3v) is 5.61. The Morgan fingerprint density at radius 3 is 2.75 bits per heavy atom. The molecule has 0 unspecified atom stereocenters. The maximum Gasteiger partial charge on any atom is 0.146 e. The molecule has 0 saturated carbocycles. The van der Waals surface area contributed by atoms with Crippen LogP contribution in [0.1, 0.15) is 22.7 Å². The van der Waals surface area contributed by atoms with Crippen molar-refractivity contribution < 1.29 is 0 Å². The van der Waals surface area contributed by atoms with E-state index in [1.54, 1.807) is 6.20 Å². The third kappa shape index (κ3) is 2.37. The fourth-order valence-electron chi connectivity index (χ4n) is 4.55. The summed E-state index contributed by atoms with van der Waals surface area (Å²) in [5.74, 6) is 2.07. The molecule has 2 saturated heterocycles. The fraction of sp³-hybridized carbons (Fsp3) is 0.400. The molecule has 4 heteroatoms. The summed E-state index contributed by atoms with van der Waals surface area (Å²) < 4.78 is 0. The first-order chi connectivity index (χ1) is 11.7. The Kier molecular flexibility index (Phi) is 3.74. The van der Waals surface area contributed by atoms with Gasteiger partial charge in [0.2, 0.25) is 0 Å². The van der Waals surface area contributed by atoms with Crippen LogP contribution in [0.25, 0.3) is 0 Å². The van der Waals surface area contributed by atoms with Crippen LogP contribution >= 0.6 is 0 Å². The molecule has 3 atom stereocenters. The molecule has 4 nitrogen and oxygen atoms in total. The van der Waals surface area contributed by atoms with Gasteiger partial charge in [-0.2, -0.15) is 5.26 Å². The minimum absolute atomic E-state index is 0.454. The first-order valence-electron chi connectivity index (χ1n) is 8.55. The lowest BCUT2D eigenvalue weighted by Crippen LogP contribution is -2.30. The summed E-state index contributed by atoms with van der Waals surface area (Å²) in [6.45, 7) is 5.27. The molecule has 2 aliphatic heterocycles. The second-order valence-electron chi connectivity index (χ2n) is 7.06. The van der Waals surface area contributed by atoms with E-state index in [2.05, 4.69) is 59.1 Å². The second kappa shape index (κ2) is 5.92. The Morgan fingerprint density at radius 2 is 1.96 bits per heavy atom. The first-order valence-corrected chi connectivity index (χ1v) is 8.55. The number of aryl methyl sites for hydroxylation is 1. The van der Waals surface area contributed by atoms with Crippen LogP contribution in [-0.4, -0.2) is 36.6 Å². The third-order valence-electron chi connectivity index (χ3n) is 5.61. The van der Waals surface area contributed by atoms with Gasteiger partial charge in [0.25, 0.3) is 0 Å². The molecule has 0 radical (unpaired) electrons. The van der Waals surface area contributed by atoms with Crippen molar-refractivity contribution in [3.8, 4) is 6.07 Å². The van der Waals surface area contributed by atoms with Gasteiger partial charge in [-0.05, 0) is 43.1 Å². The summed E-state index contributed by atoms with van der Waals surface area (Å²) in [5, 5.41) is 9.37. The van der Waals surface area contributed by atoms with Gasteiger partial charge in [-0.3, -0.25) is 4.90 Å². The lowest BCUT2D eigenvalue weighted by Gasteiger charge is -2.28. The monoisotopic (exact) mass is 318 g/mol. The van der Waals surface area contributed by atoms with Gasteiger partial charge in [0, 0.05) is 37.8 Å². The van der Waals surface area contributed by atoms with E-state index < -0.39 is 0 Å². The molecule has 2 aromatic rings. The van der Waals surface area contributed by atoms with Gasteiger partial charge >= 0.3 is 0 Å². The lowest BCUT2D eigenvalue weighted by molar-refractivity contribution is 0.279. The first kappa shape index (κ1) is 15.2. The number of rotatable bonds is 2. The van der Waals surface area contributed by atoms with Crippen LogP contribution in [0.15, 0.2) is 42.6 Å². The molecule has 2 aliphatic rings. The standard InChI is InChI=1S/C20H22N4/c1-14-6-3-4-8-17(14)19-18-13-24(12-16(18)11-23(19)2)20-15(10-21)7-5-9-22-20/h3-9,16,18-19H,11-13H2,1-2H3/t16-,18+,19+/m0/s1. The minimum Gasteiger partial charge on any atom is -0.355 e. The molecule has 1 aromatic heterocycles. The number of benzene rings is 1. The average Bonchev–Trinajstić information content (AvgIpc) is 3.12. The molecular weight excluding hydrogens is 296 g/mol. The Morgan fingerprint density at radius 1 is 1.12 bits per heavy atom. The van der Waals surface area contributed by atoms with Crippen molar-refractivity contribution in [2.45, 2.75) is 13.0 Å². The summed E-state index contributed by atoms with van der Waals surface area (Å²) in [4.78, 5) is 9.29. The minimum atomic E-state index is 0.454. The van der Waals surface area contributed by atoms with E-state index in [9.17, 15) is 5.26 Å². The van der Waals surface area contributed by atoms with E-state index in [1.807, 2.05) is 12.1 Å². The van der Waals surface area contributed by atoms with Crippen LogP contribution in [0.4, 0.5) is 5.82 Å². The zero-order chi connectivity index (χ0) is 16.7. The van der Waals surface area contributed by atoms with Crippen LogP contribution in [0.3, 0.4) is 0 Å². The highest BCUT2D eigenvalue weighted by Gasteiger charge is 2.47. The summed E-state index contributed by atoms with van der Waals surface area (Å²) >= 11 is 0. The van der Waals surface area contributed by atoms with Gasteiger partial charge in [0.15, 0.2) is 0 Å². The van der Waals surface area contributed by atoms with Gasteiger partial charge in [0.05, 0.1) is 5.56 Å². The molecule has 2 fully saturated rings. The van der Waals surface area contributed by atoms with Crippen LogP contribution < -0.4 is 4.90 Å². The molecule has 3 heterocycles. The zero-order valence-corrected chi connectivity index (χ0v) is 14.2. The van der Waals surface area contributed by atoms with E-state index in [0.717, 1.165) is 25.5 Å². The van der Waals surface area contributed by atoms with Crippen LogP contribution in [-0.2, 0) is 0 Å². The number of hydrogen-bond acceptors (Lipinski definition) is 4. The predicted molar refractivity (Wildman–Crippen MR) is 94.7 cm³/mol. The van der Waals surface area contributed by atoms with Gasteiger partial charge < -0.3 is 4.90 Å². The quantitative estimate of drug-likeness (QED) is 0.854. The normalized spacial score (nSPS) is 26.4. The van der Waals surface area contributed by atoms with Crippen molar-refractivity contribution in [1.82, 2.24) is 9.88 Å². The smallest absolute Gasteiger partial charge is 0.146 e. The molecule has 0 aliphatic carbocycles. The summed E-state index contributed by atoms with van der Waals surface area (Å²) in [7, 11) is 2.24. The van der Waals surface area contributed by atoms with Crippen molar-refractivity contribution in [2.24, 2.45) is 11.8 Å². The van der Waals surface area contributed by atoms with Gasteiger partial charge in [-0.15, -0.1) is 0 Å². The molecule has 24 heavy (non-hydrogen) atoms. The average molecular weight is 318 g/mol. The number of nitriles is 1. The molecule has 122 valence electrons. The summed E-state index contributed by atoms with van der Waals surface area (Å²) in [5.41, 5.74) is 3.48. The summed E-state index contributed by atoms with van der Waals surface area (Å²) in [6.07, 6.45) is 1.79. The largest absolute Gasteiger partial charge is 0.355 e. The number of anilines is 1. The Bertz CT molecular complexity index is 794. The van der Waals surface area contributed by atoms with Crippen molar-refractivity contribution >= 4 is 5.82 Å². The van der Waals surface area contributed by atoms with Crippen molar-refractivity contribution in [3.63, 3.8) is 0 Å². The number of pyridine rings is 1. The van der Waals surface area contributed by atoms with Gasteiger partial charge in [-0.1, -0.05) is 24.3 Å². The van der Waals surface area contributed by atoms with Crippen molar-refractivity contribution in [1.29, 1.82) is 5.26 Å². The number of likely N-dealkylation sites (tertiary alicyclic amines) is 1. The molecule has 0 amide bonds. The fourth-order valence-corrected chi connectivity index (χ4v) is 4.55. The maximum atomic E-state index is 9.37. The molecular formula is C20H22N4. The predicted octanol–water partition coefficient (Wildman–Crippen LogP) is 3.00. The molecule has 1 aromatic carbocycles. The number of hydrogen-bond donors (Lipinski definition) is 0. The SMILES string of the molecule is Cc1ccccc1[C@@H]1[C@@H]2CN(c3ncccc3C#N)C[C@@H]2CN1C. The molecule has 0 N–H and O–H groups in total. The highest BCUT2D eigenvalue weighted by atomic mass is 15.3. The van der Waals surface area contributed by atoms with Crippen LogP contribution in [0.5, 0.6) is 0 Å².